The summed E-state index contributed by atoms with van der Waals surface area (Å²) in [6.07, 6.45) is 8.63. The van der Waals surface area contributed by atoms with Gasteiger partial charge in [0, 0.05) is 17.2 Å². The van der Waals surface area contributed by atoms with Gasteiger partial charge in [0.25, 0.3) is 0 Å². The second-order valence-corrected chi connectivity index (χ2v) is 7.06. The van der Waals surface area contributed by atoms with Crippen LogP contribution in [0.4, 0.5) is 0 Å². The molecule has 1 aromatic heterocycles. The van der Waals surface area contributed by atoms with E-state index in [2.05, 4.69) is 23.8 Å². The molecule has 3 heteroatoms. The van der Waals surface area contributed by atoms with Crippen molar-refractivity contribution in [1.82, 2.24) is 9.97 Å². The first-order valence-electron chi connectivity index (χ1n) is 7.17. The molecule has 1 aromatic rings. The molecule has 2 nitrogen and oxygen atoms in total. The quantitative estimate of drug-likeness (QED) is 0.764. The molecule has 1 heterocycles. The van der Waals surface area contributed by atoms with Gasteiger partial charge < -0.3 is 4.98 Å². The smallest absolute Gasteiger partial charge is 0.133 e. The maximum atomic E-state index is 5.45. The number of aromatic nitrogens is 2. The van der Waals surface area contributed by atoms with E-state index in [4.69, 9.17) is 12.2 Å². The van der Waals surface area contributed by atoms with E-state index in [1.165, 1.54) is 43.4 Å². The molecule has 2 aliphatic carbocycles. The lowest BCUT2D eigenvalue weighted by atomic mass is 9.73. The van der Waals surface area contributed by atoms with Crippen molar-refractivity contribution in [3.8, 4) is 0 Å². The molecule has 0 saturated heterocycles. The van der Waals surface area contributed by atoms with Crippen LogP contribution in [0.5, 0.6) is 0 Å². The number of hydrogen-bond donors (Lipinski definition) is 1. The molecule has 0 atom stereocenters. The highest BCUT2D eigenvalue weighted by Crippen LogP contribution is 2.41. The van der Waals surface area contributed by atoms with Gasteiger partial charge in [0.15, 0.2) is 0 Å². The fraction of sp³-hybridized carbons (Fsp3) is 0.733. The van der Waals surface area contributed by atoms with Crippen molar-refractivity contribution in [1.29, 1.82) is 0 Å². The largest absolute Gasteiger partial charge is 0.347 e. The maximum absolute atomic E-state index is 5.45. The molecule has 2 aliphatic rings. The van der Waals surface area contributed by atoms with Gasteiger partial charge in [0.1, 0.15) is 10.5 Å². The molecule has 18 heavy (non-hydrogen) atoms. The number of hydrogen-bond acceptors (Lipinski definition) is 2. The first-order chi connectivity index (χ1) is 8.55. The molecule has 0 radical (unpaired) electrons. The number of nitrogens with one attached hydrogen (secondary N) is 1. The molecule has 0 aliphatic heterocycles. The van der Waals surface area contributed by atoms with Crippen molar-refractivity contribution in [2.45, 2.75) is 64.7 Å². The summed E-state index contributed by atoms with van der Waals surface area (Å²) < 4.78 is 0.862. The molecule has 1 fully saturated rings. The number of rotatable bonds is 1. The van der Waals surface area contributed by atoms with Crippen LogP contribution in [-0.2, 0) is 12.8 Å². The van der Waals surface area contributed by atoms with E-state index in [0.29, 0.717) is 11.3 Å². The van der Waals surface area contributed by atoms with Gasteiger partial charge in [-0.1, -0.05) is 26.1 Å². The number of H-pyrrole nitrogens is 1. The fourth-order valence-electron chi connectivity index (χ4n) is 3.34. The van der Waals surface area contributed by atoms with Gasteiger partial charge in [-0.15, -0.1) is 0 Å². The van der Waals surface area contributed by atoms with E-state index in [1.807, 2.05) is 0 Å². The van der Waals surface area contributed by atoms with Crippen LogP contribution < -0.4 is 0 Å². The summed E-state index contributed by atoms with van der Waals surface area (Å²) in [6, 6.07) is 0. The number of aromatic amines is 1. The minimum Gasteiger partial charge on any atom is -0.347 e. The Hall–Kier alpha value is -0.700. The topological polar surface area (TPSA) is 28.7 Å². The molecule has 98 valence electrons. The molecule has 1 N–H and O–H groups in total. The lowest BCUT2D eigenvalue weighted by Gasteiger charge is -2.33. The van der Waals surface area contributed by atoms with E-state index in [1.54, 1.807) is 0 Å². The van der Waals surface area contributed by atoms with Crippen molar-refractivity contribution in [2.75, 3.05) is 0 Å². The summed E-state index contributed by atoms with van der Waals surface area (Å²) in [7, 11) is 0. The summed E-state index contributed by atoms with van der Waals surface area (Å²) >= 11 is 5.45. The Kier molecular flexibility index (Phi) is 3.05. The molecule has 0 spiro atoms. The highest BCUT2D eigenvalue weighted by atomic mass is 32.1. The molecule has 0 bridgehead atoms. The van der Waals surface area contributed by atoms with Crippen molar-refractivity contribution < 1.29 is 0 Å². The van der Waals surface area contributed by atoms with Crippen molar-refractivity contribution in [3.05, 3.63) is 21.7 Å². The molecule has 0 aromatic carbocycles. The summed E-state index contributed by atoms with van der Waals surface area (Å²) in [5, 5.41) is 0. The Balaban J connectivity index is 1.86. The SMILES string of the molecule is CC1(C)CCC(c2nc(=S)c3c([nH]2)CCC3)CC1. The van der Waals surface area contributed by atoms with E-state index in [0.717, 1.165) is 23.3 Å². The minimum absolute atomic E-state index is 0.518. The maximum Gasteiger partial charge on any atom is 0.133 e. The van der Waals surface area contributed by atoms with Gasteiger partial charge in [-0.2, -0.15) is 0 Å². The van der Waals surface area contributed by atoms with Crippen LogP contribution in [0.15, 0.2) is 0 Å². The van der Waals surface area contributed by atoms with Crippen LogP contribution in [0.1, 0.15) is 69.0 Å². The predicted molar refractivity (Wildman–Crippen MR) is 76.4 cm³/mol. The Morgan fingerprint density at radius 2 is 1.94 bits per heavy atom. The highest BCUT2D eigenvalue weighted by Gasteiger charge is 2.29. The molecular weight excluding hydrogens is 240 g/mol. The summed E-state index contributed by atoms with van der Waals surface area (Å²) in [6.45, 7) is 4.75. The van der Waals surface area contributed by atoms with Crippen molar-refractivity contribution >= 4 is 12.2 Å². The highest BCUT2D eigenvalue weighted by molar-refractivity contribution is 7.71. The van der Waals surface area contributed by atoms with Gasteiger partial charge in [-0.3, -0.25) is 0 Å². The average molecular weight is 262 g/mol. The van der Waals surface area contributed by atoms with Crippen LogP contribution in [0.25, 0.3) is 0 Å². The summed E-state index contributed by atoms with van der Waals surface area (Å²) in [5.74, 6) is 1.77. The lowest BCUT2D eigenvalue weighted by Crippen LogP contribution is -2.21. The zero-order chi connectivity index (χ0) is 12.8. The standard InChI is InChI=1S/C15H22N2S/c1-15(2)8-6-10(7-9-15)13-16-12-5-3-4-11(12)14(18)17-13/h10H,3-9H2,1-2H3,(H,16,17,18). The fourth-order valence-corrected chi connectivity index (χ4v) is 3.67. The number of aryl methyl sites for hydroxylation is 1. The van der Waals surface area contributed by atoms with Gasteiger partial charge in [0.2, 0.25) is 0 Å². The predicted octanol–water partition coefficient (Wildman–Crippen LogP) is 4.31. The van der Waals surface area contributed by atoms with Crippen molar-refractivity contribution in [3.63, 3.8) is 0 Å². The lowest BCUT2D eigenvalue weighted by molar-refractivity contribution is 0.220. The van der Waals surface area contributed by atoms with Crippen LogP contribution in [0, 0.1) is 10.1 Å². The zero-order valence-electron chi connectivity index (χ0n) is 11.4. The van der Waals surface area contributed by atoms with Gasteiger partial charge in [-0.05, 0) is 50.4 Å². The third-order valence-electron chi connectivity index (χ3n) is 4.70. The number of fused-ring (bicyclic) bond motifs is 1. The normalized spacial score (nSPS) is 23.0. The minimum atomic E-state index is 0.518. The second kappa shape index (κ2) is 4.44. The third-order valence-corrected chi connectivity index (χ3v) is 5.04. The molecular formula is C15H22N2S. The van der Waals surface area contributed by atoms with E-state index >= 15 is 0 Å². The molecule has 1 saturated carbocycles. The Bertz CT molecular complexity index is 506. The monoisotopic (exact) mass is 262 g/mol. The Labute approximate surface area is 114 Å². The van der Waals surface area contributed by atoms with Gasteiger partial charge in [-0.25, -0.2) is 4.98 Å². The summed E-state index contributed by atoms with van der Waals surface area (Å²) in [4.78, 5) is 8.26. The van der Waals surface area contributed by atoms with E-state index in [9.17, 15) is 0 Å². The van der Waals surface area contributed by atoms with Gasteiger partial charge >= 0.3 is 0 Å². The van der Waals surface area contributed by atoms with Gasteiger partial charge in [0.05, 0.1) is 0 Å². The van der Waals surface area contributed by atoms with Crippen LogP contribution in [0.3, 0.4) is 0 Å². The van der Waals surface area contributed by atoms with Crippen molar-refractivity contribution in [2.24, 2.45) is 5.41 Å². The molecule has 3 rings (SSSR count). The van der Waals surface area contributed by atoms with E-state index in [-0.39, 0.29) is 0 Å². The third kappa shape index (κ3) is 2.25. The van der Waals surface area contributed by atoms with Crippen LogP contribution in [0.2, 0.25) is 0 Å². The zero-order valence-corrected chi connectivity index (χ0v) is 12.2. The first kappa shape index (κ1) is 12.3. The number of nitrogens with zero attached hydrogens (tertiary/aromatic N) is 1. The van der Waals surface area contributed by atoms with Crippen LogP contribution >= 0.6 is 12.2 Å². The molecule has 0 unspecified atom stereocenters. The Morgan fingerprint density at radius 3 is 2.67 bits per heavy atom. The van der Waals surface area contributed by atoms with E-state index < -0.39 is 0 Å². The Morgan fingerprint density at radius 1 is 1.22 bits per heavy atom. The first-order valence-corrected chi connectivity index (χ1v) is 7.58. The second-order valence-electron chi connectivity index (χ2n) is 6.68. The summed E-state index contributed by atoms with van der Waals surface area (Å²) in [5.41, 5.74) is 3.20. The molecule has 0 amide bonds. The van der Waals surface area contributed by atoms with Crippen LogP contribution in [-0.4, -0.2) is 9.97 Å². The average Bonchev–Trinajstić information content (AvgIpc) is 2.77.